The van der Waals surface area contributed by atoms with Gasteiger partial charge in [-0.05, 0) is 62.6 Å². The number of benzene rings is 1. The van der Waals surface area contributed by atoms with Crippen LogP contribution in [-0.2, 0) is 6.54 Å². The van der Waals surface area contributed by atoms with Crippen LogP contribution in [0.1, 0.15) is 40.5 Å². The molecule has 168 valence electrons. The van der Waals surface area contributed by atoms with Crippen molar-refractivity contribution in [3.63, 3.8) is 0 Å². The van der Waals surface area contributed by atoms with E-state index in [9.17, 15) is 13.6 Å². The number of carbonyl (C=O) groups excluding carboxylic acids is 1. The highest BCUT2D eigenvalue weighted by molar-refractivity contribution is 7.09. The van der Waals surface area contributed by atoms with E-state index < -0.39 is 17.7 Å². The van der Waals surface area contributed by atoms with Crippen LogP contribution in [0, 0.1) is 25.5 Å². The minimum Gasteiger partial charge on any atom is -0.329 e. The van der Waals surface area contributed by atoms with Crippen molar-refractivity contribution >= 4 is 17.4 Å². The molecule has 1 amide bonds. The maximum Gasteiger partial charge on any atom is 0.254 e. The Bertz CT molecular complexity index is 1360. The molecule has 4 aromatic rings. The topological polar surface area (TPSA) is 76.8 Å². The lowest BCUT2D eigenvalue weighted by Gasteiger charge is -2.35. The molecule has 3 aromatic heterocycles. The van der Waals surface area contributed by atoms with E-state index in [1.165, 1.54) is 42.0 Å². The molecule has 4 heterocycles. The number of pyridine rings is 1. The lowest BCUT2D eigenvalue weighted by molar-refractivity contribution is 0.0645. The summed E-state index contributed by atoms with van der Waals surface area (Å²) >= 11 is 1.23. The van der Waals surface area contributed by atoms with Crippen LogP contribution in [0.15, 0.2) is 36.5 Å². The third-order valence-corrected chi connectivity index (χ3v) is 6.55. The molecule has 0 unspecified atom stereocenters. The van der Waals surface area contributed by atoms with Gasteiger partial charge in [0.15, 0.2) is 16.6 Å². The van der Waals surface area contributed by atoms with E-state index in [-0.39, 0.29) is 5.91 Å². The van der Waals surface area contributed by atoms with Gasteiger partial charge in [-0.3, -0.25) is 9.78 Å². The van der Waals surface area contributed by atoms with Crippen molar-refractivity contribution in [2.45, 2.75) is 33.4 Å². The van der Waals surface area contributed by atoms with Crippen molar-refractivity contribution in [3.8, 4) is 22.1 Å². The van der Waals surface area contributed by atoms with Gasteiger partial charge in [0.05, 0.1) is 23.6 Å². The highest BCUT2D eigenvalue weighted by Crippen LogP contribution is 2.39. The average molecular weight is 467 g/mol. The molecule has 0 aliphatic carbocycles. The minimum absolute atomic E-state index is 0.222. The molecule has 1 aromatic carbocycles. The number of aryl methyl sites for hydroxylation is 2. The van der Waals surface area contributed by atoms with Gasteiger partial charge in [-0.1, -0.05) is 0 Å². The predicted molar refractivity (Wildman–Crippen MR) is 120 cm³/mol. The van der Waals surface area contributed by atoms with Crippen LogP contribution in [-0.4, -0.2) is 41.2 Å². The van der Waals surface area contributed by atoms with Gasteiger partial charge in [-0.25, -0.2) is 18.7 Å². The van der Waals surface area contributed by atoms with Gasteiger partial charge in [-0.15, -0.1) is 0 Å². The van der Waals surface area contributed by atoms with Gasteiger partial charge in [0.25, 0.3) is 5.91 Å². The number of hydrogen-bond donors (Lipinski definition) is 0. The number of nitrogens with zero attached hydrogens (tertiary/aromatic N) is 6. The monoisotopic (exact) mass is 466 g/mol. The number of aromatic nitrogens is 5. The molecule has 0 saturated carbocycles. The smallest absolute Gasteiger partial charge is 0.254 e. The second kappa shape index (κ2) is 8.11. The summed E-state index contributed by atoms with van der Waals surface area (Å²) in [6.07, 6.45) is 1.18. The third kappa shape index (κ3) is 3.70. The highest BCUT2D eigenvalue weighted by atomic mass is 32.1. The molecule has 10 heteroatoms. The first-order chi connectivity index (χ1) is 15.8. The second-order valence-corrected chi connectivity index (χ2v) is 8.71. The van der Waals surface area contributed by atoms with Crippen molar-refractivity contribution in [1.82, 2.24) is 28.8 Å². The van der Waals surface area contributed by atoms with Gasteiger partial charge in [0, 0.05) is 29.9 Å². The number of rotatable bonds is 3. The van der Waals surface area contributed by atoms with Gasteiger partial charge in [0.1, 0.15) is 11.6 Å². The molecule has 1 atom stereocenters. The first-order valence-electron chi connectivity index (χ1n) is 10.4. The molecule has 0 fully saturated rings. The molecule has 5 rings (SSSR count). The number of fused-ring (bicyclic) bond motifs is 1. The molecule has 33 heavy (non-hydrogen) atoms. The summed E-state index contributed by atoms with van der Waals surface area (Å²) in [7, 11) is 0. The fraction of sp³-hybridized carbons (Fsp3) is 0.261. The highest BCUT2D eigenvalue weighted by Gasteiger charge is 2.35. The first-order valence-corrected chi connectivity index (χ1v) is 11.2. The van der Waals surface area contributed by atoms with Crippen LogP contribution in [0.5, 0.6) is 0 Å². The summed E-state index contributed by atoms with van der Waals surface area (Å²) in [6.45, 7) is 6.35. The van der Waals surface area contributed by atoms with Gasteiger partial charge >= 0.3 is 0 Å². The number of amides is 1. The third-order valence-electron chi connectivity index (χ3n) is 5.75. The summed E-state index contributed by atoms with van der Waals surface area (Å²) in [4.78, 5) is 28.2. The molecule has 0 saturated heterocycles. The van der Waals surface area contributed by atoms with E-state index in [2.05, 4.69) is 14.3 Å². The maximum absolute atomic E-state index is 14.9. The molecule has 0 spiro atoms. The summed E-state index contributed by atoms with van der Waals surface area (Å²) in [5.74, 6) is 0.118. The van der Waals surface area contributed by atoms with Crippen LogP contribution >= 0.6 is 11.5 Å². The Hall–Kier alpha value is -3.53. The summed E-state index contributed by atoms with van der Waals surface area (Å²) < 4.78 is 34.5. The Balaban J connectivity index is 1.65. The number of carbonyl (C=O) groups is 1. The van der Waals surface area contributed by atoms with Crippen LogP contribution in [0.2, 0.25) is 0 Å². The van der Waals surface area contributed by atoms with E-state index in [0.717, 1.165) is 0 Å². The van der Waals surface area contributed by atoms with Gasteiger partial charge in [-0.2, -0.15) is 4.37 Å². The van der Waals surface area contributed by atoms with E-state index in [4.69, 9.17) is 4.98 Å². The van der Waals surface area contributed by atoms with Crippen molar-refractivity contribution in [3.05, 3.63) is 70.9 Å². The van der Waals surface area contributed by atoms with Crippen molar-refractivity contribution in [1.29, 1.82) is 0 Å². The zero-order chi connectivity index (χ0) is 23.3. The van der Waals surface area contributed by atoms with Crippen LogP contribution in [0.3, 0.4) is 0 Å². The predicted octanol–water partition coefficient (Wildman–Crippen LogP) is 4.58. The zero-order valence-corrected chi connectivity index (χ0v) is 19.0. The zero-order valence-electron chi connectivity index (χ0n) is 18.2. The van der Waals surface area contributed by atoms with Crippen LogP contribution < -0.4 is 0 Å². The lowest BCUT2D eigenvalue weighted by atomic mass is 10.0. The molecule has 0 radical (unpaired) electrons. The number of halogens is 2. The molecule has 0 bridgehead atoms. The number of imidazole rings is 1. The lowest BCUT2D eigenvalue weighted by Crippen LogP contribution is -2.41. The summed E-state index contributed by atoms with van der Waals surface area (Å²) in [5, 5.41) is 0.636. The fourth-order valence-corrected chi connectivity index (χ4v) is 4.84. The van der Waals surface area contributed by atoms with Gasteiger partial charge in [0.2, 0.25) is 0 Å². The minimum atomic E-state index is -0.490. The molecule has 1 aliphatic rings. The van der Waals surface area contributed by atoms with E-state index in [0.29, 0.717) is 58.0 Å². The Morgan fingerprint density at radius 2 is 1.88 bits per heavy atom. The molecular formula is C23H20F2N6OS. The Morgan fingerprint density at radius 1 is 1.12 bits per heavy atom. The average Bonchev–Trinajstić information content (AvgIpc) is 3.40. The van der Waals surface area contributed by atoms with Crippen LogP contribution in [0.4, 0.5) is 8.78 Å². The molecule has 7 nitrogen and oxygen atoms in total. The molecule has 0 N–H and O–H groups in total. The van der Waals surface area contributed by atoms with Crippen molar-refractivity contribution < 1.29 is 13.6 Å². The quantitative estimate of drug-likeness (QED) is 0.442. The Morgan fingerprint density at radius 3 is 2.58 bits per heavy atom. The summed E-state index contributed by atoms with van der Waals surface area (Å²) in [5.41, 5.74) is 2.53. The van der Waals surface area contributed by atoms with E-state index in [1.54, 1.807) is 24.8 Å². The van der Waals surface area contributed by atoms with Crippen molar-refractivity contribution in [2.75, 3.05) is 6.54 Å². The Kier molecular flexibility index (Phi) is 5.24. The SMILES string of the molecule is Cc1cc(-c2nc(-c3nc(C)ns3)n3c2[C@@H](C)N(C(=O)c2ccc(F)cc2)CC3)c(F)cn1. The van der Waals surface area contributed by atoms with Crippen LogP contribution in [0.25, 0.3) is 22.1 Å². The molecule has 1 aliphatic heterocycles. The van der Waals surface area contributed by atoms with Crippen molar-refractivity contribution in [2.24, 2.45) is 0 Å². The molecular weight excluding hydrogens is 446 g/mol. The largest absolute Gasteiger partial charge is 0.329 e. The standard InChI is InChI=1S/C23H20F2N6OS/c1-12-10-17(18(25)11-26-12)19-20-13(2)30(23(32)15-4-6-16(24)7-5-15)8-9-31(20)21(28-19)22-27-14(3)29-33-22/h4-7,10-11,13H,8-9H2,1-3H3/t13-/m1/s1. The number of hydrogen-bond acceptors (Lipinski definition) is 6. The van der Waals surface area contributed by atoms with Gasteiger partial charge < -0.3 is 9.47 Å². The maximum atomic E-state index is 14.9. The normalized spacial score (nSPS) is 15.5. The van der Waals surface area contributed by atoms with E-state index >= 15 is 0 Å². The van der Waals surface area contributed by atoms with E-state index in [1.807, 2.05) is 11.5 Å². The fourth-order valence-electron chi connectivity index (χ4n) is 4.17. The first kappa shape index (κ1) is 21.3. The summed E-state index contributed by atoms with van der Waals surface area (Å²) in [6, 6.07) is 6.72. The Labute approximate surface area is 192 Å². The second-order valence-electron chi connectivity index (χ2n) is 7.95.